The molecule has 1 aliphatic carbocycles. The maximum absolute atomic E-state index is 12.2. The molecule has 0 aliphatic heterocycles. The van der Waals surface area contributed by atoms with Crippen molar-refractivity contribution in [2.24, 2.45) is 0 Å². The Bertz CT molecular complexity index is 848. The van der Waals surface area contributed by atoms with Gasteiger partial charge in [-0.05, 0) is 35.9 Å². The maximum Gasteiger partial charge on any atom is 0.338 e. The molecule has 7 heteroatoms. The Kier molecular flexibility index (Phi) is 6.20. The number of hydrogen-bond acceptors (Lipinski definition) is 7. The lowest BCUT2D eigenvalue weighted by Crippen LogP contribution is -2.50. The number of hydrogen-bond donors (Lipinski definition) is 3. The van der Waals surface area contributed by atoms with Crippen molar-refractivity contribution < 1.29 is 34.4 Å². The number of carbonyl (C=O) groups excluding carboxylic acids is 2. The standard InChI is InChI=1S/C21H20O7/c22-17-15(12-27-20(25)13-7-3-1-4-8-13)11-16(18(23)19(17)24)28-21(26)14-9-5-2-6-10-14/h1-11,16-19,22-24H,12H2/t16-,17+,18+,19-/m0/s1. The van der Waals surface area contributed by atoms with Gasteiger partial charge in [-0.1, -0.05) is 36.4 Å². The van der Waals surface area contributed by atoms with Crippen LogP contribution in [0.1, 0.15) is 20.7 Å². The highest BCUT2D eigenvalue weighted by atomic mass is 16.6. The molecule has 28 heavy (non-hydrogen) atoms. The Morgan fingerprint density at radius 1 is 0.786 bits per heavy atom. The highest BCUT2D eigenvalue weighted by Gasteiger charge is 2.39. The Morgan fingerprint density at radius 3 is 1.89 bits per heavy atom. The van der Waals surface area contributed by atoms with Crippen LogP contribution in [0.5, 0.6) is 0 Å². The molecule has 0 heterocycles. The maximum atomic E-state index is 12.2. The predicted octanol–water partition coefficient (Wildman–Crippen LogP) is 1.09. The van der Waals surface area contributed by atoms with Gasteiger partial charge in [-0.15, -0.1) is 0 Å². The Hall–Kier alpha value is -3.00. The van der Waals surface area contributed by atoms with E-state index in [1.54, 1.807) is 60.7 Å². The fourth-order valence-corrected chi connectivity index (χ4v) is 2.82. The van der Waals surface area contributed by atoms with Crippen molar-refractivity contribution in [1.29, 1.82) is 0 Å². The van der Waals surface area contributed by atoms with Gasteiger partial charge in [0.15, 0.2) is 0 Å². The van der Waals surface area contributed by atoms with Crippen molar-refractivity contribution in [1.82, 2.24) is 0 Å². The van der Waals surface area contributed by atoms with Crippen LogP contribution in [0, 0.1) is 0 Å². The second kappa shape index (κ2) is 8.79. The van der Waals surface area contributed by atoms with Crippen LogP contribution in [0.2, 0.25) is 0 Å². The molecule has 0 unspecified atom stereocenters. The summed E-state index contributed by atoms with van der Waals surface area (Å²) >= 11 is 0. The van der Waals surface area contributed by atoms with E-state index in [9.17, 15) is 24.9 Å². The van der Waals surface area contributed by atoms with Gasteiger partial charge < -0.3 is 24.8 Å². The lowest BCUT2D eigenvalue weighted by atomic mass is 9.89. The topological polar surface area (TPSA) is 113 Å². The van der Waals surface area contributed by atoms with Crippen LogP contribution in [0.3, 0.4) is 0 Å². The number of aliphatic hydroxyl groups excluding tert-OH is 3. The summed E-state index contributed by atoms with van der Waals surface area (Å²) in [5, 5.41) is 30.4. The molecule has 0 amide bonds. The molecule has 0 saturated heterocycles. The van der Waals surface area contributed by atoms with Gasteiger partial charge in [0.2, 0.25) is 0 Å². The number of rotatable bonds is 5. The third-order valence-corrected chi connectivity index (χ3v) is 4.40. The van der Waals surface area contributed by atoms with E-state index in [-0.39, 0.29) is 17.7 Å². The molecular weight excluding hydrogens is 364 g/mol. The summed E-state index contributed by atoms with van der Waals surface area (Å²) in [7, 11) is 0. The average Bonchev–Trinajstić information content (AvgIpc) is 2.74. The Morgan fingerprint density at radius 2 is 1.32 bits per heavy atom. The average molecular weight is 384 g/mol. The van der Waals surface area contributed by atoms with Gasteiger partial charge in [0, 0.05) is 0 Å². The Labute approximate surface area is 161 Å². The Balaban J connectivity index is 1.71. The van der Waals surface area contributed by atoms with Gasteiger partial charge in [-0.2, -0.15) is 0 Å². The SMILES string of the molecule is O=C(OCC1=C[C@H](OC(=O)c2ccccc2)[C@@H](O)[C@@H](O)[C@@H]1O)c1ccccc1. The molecule has 2 aromatic carbocycles. The number of esters is 2. The van der Waals surface area contributed by atoms with Gasteiger partial charge >= 0.3 is 11.9 Å². The third kappa shape index (κ3) is 4.45. The van der Waals surface area contributed by atoms with Crippen molar-refractivity contribution >= 4 is 11.9 Å². The van der Waals surface area contributed by atoms with Gasteiger partial charge in [-0.25, -0.2) is 9.59 Å². The van der Waals surface area contributed by atoms with E-state index in [0.717, 1.165) is 0 Å². The first-order valence-electron chi connectivity index (χ1n) is 8.70. The molecule has 7 nitrogen and oxygen atoms in total. The van der Waals surface area contributed by atoms with Crippen molar-refractivity contribution in [2.45, 2.75) is 24.4 Å². The van der Waals surface area contributed by atoms with E-state index in [1.807, 2.05) is 0 Å². The largest absolute Gasteiger partial charge is 0.457 e. The van der Waals surface area contributed by atoms with Crippen molar-refractivity contribution in [3.63, 3.8) is 0 Å². The van der Waals surface area contributed by atoms with Crippen LogP contribution < -0.4 is 0 Å². The number of benzene rings is 2. The quantitative estimate of drug-likeness (QED) is 0.522. The molecular formula is C21H20O7. The molecule has 0 bridgehead atoms. The minimum absolute atomic E-state index is 0.132. The summed E-state index contributed by atoms with van der Waals surface area (Å²) in [6.45, 7) is -0.321. The van der Waals surface area contributed by atoms with E-state index in [0.29, 0.717) is 5.56 Å². The summed E-state index contributed by atoms with van der Waals surface area (Å²) in [5.74, 6) is -1.29. The molecule has 0 fully saturated rings. The molecule has 0 spiro atoms. The van der Waals surface area contributed by atoms with Crippen LogP contribution in [-0.4, -0.2) is 58.3 Å². The van der Waals surface area contributed by atoms with E-state index in [2.05, 4.69) is 0 Å². The second-order valence-corrected chi connectivity index (χ2v) is 6.35. The molecule has 0 aromatic heterocycles. The predicted molar refractivity (Wildman–Crippen MR) is 98.5 cm³/mol. The number of ether oxygens (including phenoxy) is 2. The number of carbonyl (C=O) groups is 2. The first-order valence-corrected chi connectivity index (χ1v) is 8.70. The van der Waals surface area contributed by atoms with Gasteiger partial charge in [0.25, 0.3) is 0 Å². The summed E-state index contributed by atoms with van der Waals surface area (Å²) in [6.07, 6.45) is -4.47. The van der Waals surface area contributed by atoms with Crippen LogP contribution in [-0.2, 0) is 9.47 Å². The van der Waals surface area contributed by atoms with Crippen LogP contribution >= 0.6 is 0 Å². The zero-order valence-corrected chi connectivity index (χ0v) is 14.8. The molecule has 3 N–H and O–H groups in total. The molecule has 4 atom stereocenters. The van der Waals surface area contributed by atoms with Gasteiger partial charge in [-0.3, -0.25) is 0 Å². The van der Waals surface area contributed by atoms with E-state index in [4.69, 9.17) is 9.47 Å². The van der Waals surface area contributed by atoms with Crippen molar-refractivity contribution in [3.8, 4) is 0 Å². The van der Waals surface area contributed by atoms with Gasteiger partial charge in [0.05, 0.1) is 11.1 Å². The van der Waals surface area contributed by atoms with E-state index in [1.165, 1.54) is 6.08 Å². The fourth-order valence-electron chi connectivity index (χ4n) is 2.82. The molecule has 3 rings (SSSR count). The molecule has 0 radical (unpaired) electrons. The van der Waals surface area contributed by atoms with E-state index >= 15 is 0 Å². The van der Waals surface area contributed by atoms with Crippen molar-refractivity contribution in [3.05, 3.63) is 83.4 Å². The summed E-state index contributed by atoms with van der Waals surface area (Å²) < 4.78 is 10.4. The second-order valence-electron chi connectivity index (χ2n) is 6.35. The van der Waals surface area contributed by atoms with Gasteiger partial charge in [0.1, 0.15) is 31.0 Å². The zero-order valence-electron chi connectivity index (χ0n) is 14.8. The highest BCUT2D eigenvalue weighted by Crippen LogP contribution is 2.24. The smallest absolute Gasteiger partial charge is 0.338 e. The molecule has 146 valence electrons. The fraction of sp³-hybridized carbons (Fsp3) is 0.238. The van der Waals surface area contributed by atoms with E-state index < -0.39 is 36.4 Å². The molecule has 0 saturated carbocycles. The minimum atomic E-state index is -1.59. The third-order valence-electron chi connectivity index (χ3n) is 4.40. The zero-order chi connectivity index (χ0) is 20.1. The lowest BCUT2D eigenvalue weighted by molar-refractivity contribution is -0.0995. The molecule has 1 aliphatic rings. The van der Waals surface area contributed by atoms with Crippen molar-refractivity contribution in [2.75, 3.05) is 6.61 Å². The summed E-state index contributed by atoms with van der Waals surface area (Å²) in [5.41, 5.74) is 0.745. The summed E-state index contributed by atoms with van der Waals surface area (Å²) in [6, 6.07) is 16.5. The molecule has 2 aromatic rings. The first-order chi connectivity index (χ1) is 13.5. The highest BCUT2D eigenvalue weighted by molar-refractivity contribution is 5.90. The normalized spacial score (nSPS) is 24.2. The summed E-state index contributed by atoms with van der Waals surface area (Å²) in [4.78, 5) is 24.3. The van der Waals surface area contributed by atoms with Crippen LogP contribution in [0.4, 0.5) is 0 Å². The minimum Gasteiger partial charge on any atom is -0.457 e. The van der Waals surface area contributed by atoms with Crippen LogP contribution in [0.15, 0.2) is 72.3 Å². The first kappa shape index (κ1) is 19.8. The lowest BCUT2D eigenvalue weighted by Gasteiger charge is -2.34. The van der Waals surface area contributed by atoms with Crippen LogP contribution in [0.25, 0.3) is 0 Å². The number of aliphatic hydroxyl groups is 3. The monoisotopic (exact) mass is 384 g/mol.